The lowest BCUT2D eigenvalue weighted by Gasteiger charge is -2.14. The van der Waals surface area contributed by atoms with Crippen molar-refractivity contribution < 1.29 is 14.7 Å². The van der Waals surface area contributed by atoms with Crippen LogP contribution >= 0.6 is 11.3 Å². The molecular weight excluding hydrogens is 468 g/mol. The molecule has 2 amide bonds. The number of aryl methyl sites for hydroxylation is 1. The molecule has 0 bridgehead atoms. The van der Waals surface area contributed by atoms with Crippen molar-refractivity contribution in [1.82, 2.24) is 19.3 Å². The van der Waals surface area contributed by atoms with E-state index in [1.54, 1.807) is 31.4 Å². The summed E-state index contributed by atoms with van der Waals surface area (Å²) in [5.41, 5.74) is 1.42. The molecule has 0 saturated heterocycles. The molecule has 180 valence electrons. The first-order valence-electron chi connectivity index (χ1n) is 11.3. The van der Waals surface area contributed by atoms with E-state index in [0.717, 1.165) is 36.1 Å². The molecule has 11 heteroatoms. The number of hydrogen-bond donors (Lipinski definition) is 4. The highest BCUT2D eigenvalue weighted by Crippen LogP contribution is 2.38. The Morgan fingerprint density at radius 2 is 2.03 bits per heavy atom. The van der Waals surface area contributed by atoms with Crippen LogP contribution in [0.5, 0.6) is 0 Å². The molecule has 0 aliphatic heterocycles. The zero-order chi connectivity index (χ0) is 24.7. The Kier molecular flexibility index (Phi) is 5.95. The van der Waals surface area contributed by atoms with Gasteiger partial charge in [0.1, 0.15) is 21.8 Å². The van der Waals surface area contributed by atoms with E-state index in [1.807, 2.05) is 0 Å². The minimum Gasteiger partial charge on any atom is -0.395 e. The number of aromatic nitrogens is 3. The lowest BCUT2D eigenvalue weighted by molar-refractivity contribution is 0.0963. The van der Waals surface area contributed by atoms with Gasteiger partial charge >= 0.3 is 0 Å². The average molecular weight is 493 g/mol. The van der Waals surface area contributed by atoms with Crippen LogP contribution in [0.1, 0.15) is 44.0 Å². The zero-order valence-corrected chi connectivity index (χ0v) is 19.9. The molecule has 1 aliphatic rings. The third-order valence-electron chi connectivity index (χ3n) is 6.24. The maximum Gasteiger partial charge on any atom is 0.267 e. The first-order chi connectivity index (χ1) is 16.9. The zero-order valence-electron chi connectivity index (χ0n) is 19.1. The number of rotatable bonds is 5. The number of carbonyl (C=O) groups is 2. The minimum atomic E-state index is -0.607. The van der Waals surface area contributed by atoms with Crippen LogP contribution < -0.4 is 21.7 Å². The number of aliphatic hydroxyl groups excluding tert-OH is 1. The van der Waals surface area contributed by atoms with Crippen molar-refractivity contribution in [2.45, 2.75) is 32.2 Å². The largest absolute Gasteiger partial charge is 0.395 e. The van der Waals surface area contributed by atoms with Crippen LogP contribution in [0.25, 0.3) is 16.7 Å². The summed E-state index contributed by atoms with van der Waals surface area (Å²) in [5.74, 6) is -0.876. The molecule has 4 heterocycles. The fourth-order valence-corrected chi connectivity index (χ4v) is 5.85. The molecule has 35 heavy (non-hydrogen) atoms. The van der Waals surface area contributed by atoms with Crippen molar-refractivity contribution in [3.05, 3.63) is 67.9 Å². The van der Waals surface area contributed by atoms with Gasteiger partial charge in [-0.2, -0.15) is 0 Å². The summed E-state index contributed by atoms with van der Waals surface area (Å²) in [7, 11) is 1.55. The van der Waals surface area contributed by atoms with Gasteiger partial charge in [0.05, 0.1) is 23.1 Å². The van der Waals surface area contributed by atoms with Crippen molar-refractivity contribution >= 4 is 44.8 Å². The van der Waals surface area contributed by atoms with Crippen molar-refractivity contribution in [2.24, 2.45) is 0 Å². The maximum atomic E-state index is 13.4. The molecule has 1 aliphatic carbocycles. The maximum absolute atomic E-state index is 13.4. The highest BCUT2D eigenvalue weighted by atomic mass is 32.1. The van der Waals surface area contributed by atoms with E-state index in [0.29, 0.717) is 16.2 Å². The van der Waals surface area contributed by atoms with E-state index in [4.69, 9.17) is 5.41 Å². The van der Waals surface area contributed by atoms with Gasteiger partial charge in [-0.15, -0.1) is 11.3 Å². The first kappa shape index (κ1) is 22.9. The van der Waals surface area contributed by atoms with Crippen molar-refractivity contribution in [3.8, 4) is 0 Å². The number of nitrogens with one attached hydrogen (secondary N) is 3. The lowest BCUT2D eigenvalue weighted by atomic mass is 9.95. The number of thiophene rings is 1. The van der Waals surface area contributed by atoms with Crippen LogP contribution in [0.15, 0.2) is 35.3 Å². The molecule has 0 saturated carbocycles. The summed E-state index contributed by atoms with van der Waals surface area (Å²) in [5, 5.41) is 24.4. The number of aliphatic hydroxyl groups is 1. The molecule has 4 N–H and O–H groups in total. The number of pyridine rings is 2. The SMILES string of the molecule is CNC(=O)c1c(NC(=O)c2cc3c(=O)n4ccccc4nc3n(CCO)c2=N)sc2c1CCCC2. The minimum absolute atomic E-state index is 0.0112. The summed E-state index contributed by atoms with van der Waals surface area (Å²) < 4.78 is 2.73. The summed E-state index contributed by atoms with van der Waals surface area (Å²) in [4.78, 5) is 44.9. The fraction of sp³-hybridized carbons (Fsp3) is 0.292. The number of amides is 2. The van der Waals surface area contributed by atoms with E-state index in [2.05, 4.69) is 15.6 Å². The molecule has 0 unspecified atom stereocenters. The van der Waals surface area contributed by atoms with E-state index < -0.39 is 5.91 Å². The van der Waals surface area contributed by atoms with Crippen molar-refractivity contribution in [2.75, 3.05) is 19.0 Å². The lowest BCUT2D eigenvalue weighted by Crippen LogP contribution is -2.33. The van der Waals surface area contributed by atoms with Gasteiger partial charge in [0, 0.05) is 24.7 Å². The Morgan fingerprint density at radius 3 is 2.80 bits per heavy atom. The van der Waals surface area contributed by atoms with E-state index >= 15 is 0 Å². The van der Waals surface area contributed by atoms with E-state index in [1.165, 1.54) is 26.4 Å². The molecule has 4 aromatic heterocycles. The predicted octanol–water partition coefficient (Wildman–Crippen LogP) is 1.67. The Hall–Kier alpha value is -3.83. The molecular formula is C24H24N6O4S. The van der Waals surface area contributed by atoms with Gasteiger partial charge in [0.2, 0.25) is 0 Å². The number of hydrogen-bond acceptors (Lipinski definition) is 7. The van der Waals surface area contributed by atoms with Gasteiger partial charge in [0.25, 0.3) is 17.4 Å². The summed E-state index contributed by atoms with van der Waals surface area (Å²) >= 11 is 1.38. The smallest absolute Gasteiger partial charge is 0.267 e. The number of fused-ring (bicyclic) bond motifs is 3. The predicted molar refractivity (Wildman–Crippen MR) is 132 cm³/mol. The molecule has 10 nitrogen and oxygen atoms in total. The molecule has 5 rings (SSSR count). The van der Waals surface area contributed by atoms with Crippen molar-refractivity contribution in [1.29, 1.82) is 5.41 Å². The third kappa shape index (κ3) is 3.82. The summed E-state index contributed by atoms with van der Waals surface area (Å²) in [6.45, 7) is -0.312. The van der Waals surface area contributed by atoms with Crippen LogP contribution in [0.2, 0.25) is 0 Å². The van der Waals surface area contributed by atoms with Crippen LogP contribution in [0.3, 0.4) is 0 Å². The summed E-state index contributed by atoms with van der Waals surface area (Å²) in [6.07, 6.45) is 5.22. The monoisotopic (exact) mass is 492 g/mol. The molecule has 4 aromatic rings. The number of nitrogens with zero attached hydrogens (tertiary/aromatic N) is 3. The van der Waals surface area contributed by atoms with Gasteiger partial charge in [-0.3, -0.25) is 24.2 Å². The van der Waals surface area contributed by atoms with E-state index in [9.17, 15) is 19.5 Å². The third-order valence-corrected chi connectivity index (χ3v) is 7.45. The Labute approximate surface area is 203 Å². The van der Waals surface area contributed by atoms with Gasteiger partial charge < -0.3 is 20.3 Å². The number of anilines is 1. The van der Waals surface area contributed by atoms with Gasteiger partial charge in [-0.1, -0.05) is 6.07 Å². The van der Waals surface area contributed by atoms with Crippen LogP contribution in [-0.2, 0) is 19.4 Å². The molecule has 0 fully saturated rings. The van der Waals surface area contributed by atoms with Gasteiger partial charge in [-0.05, 0) is 49.4 Å². The fourth-order valence-electron chi connectivity index (χ4n) is 4.57. The first-order valence-corrected chi connectivity index (χ1v) is 12.1. The van der Waals surface area contributed by atoms with E-state index in [-0.39, 0.29) is 46.7 Å². The summed E-state index contributed by atoms with van der Waals surface area (Å²) in [6, 6.07) is 6.49. The second kappa shape index (κ2) is 9.08. The second-order valence-corrected chi connectivity index (χ2v) is 9.42. The Morgan fingerprint density at radius 1 is 1.23 bits per heavy atom. The van der Waals surface area contributed by atoms with Crippen LogP contribution in [-0.4, -0.2) is 44.5 Å². The highest BCUT2D eigenvalue weighted by molar-refractivity contribution is 7.17. The molecule has 0 radical (unpaired) electrons. The highest BCUT2D eigenvalue weighted by Gasteiger charge is 2.27. The van der Waals surface area contributed by atoms with Gasteiger partial charge in [-0.25, -0.2) is 4.98 Å². The second-order valence-electron chi connectivity index (χ2n) is 8.31. The molecule has 0 aromatic carbocycles. The van der Waals surface area contributed by atoms with Crippen LogP contribution in [0, 0.1) is 5.41 Å². The van der Waals surface area contributed by atoms with Crippen molar-refractivity contribution in [3.63, 3.8) is 0 Å². The topological polar surface area (TPSA) is 142 Å². The quantitative estimate of drug-likeness (QED) is 0.314. The average Bonchev–Trinajstić information content (AvgIpc) is 3.23. The van der Waals surface area contributed by atoms with Gasteiger partial charge in [0.15, 0.2) is 0 Å². The van der Waals surface area contributed by atoms with Crippen LogP contribution in [0.4, 0.5) is 5.00 Å². The number of carbonyl (C=O) groups excluding carboxylic acids is 2. The Bertz CT molecular complexity index is 1620. The standard InChI is InChI=1S/C24H24N6O4S/c1-26-22(33)18-13-6-2-3-7-16(13)35-23(18)28-21(32)14-12-15-20(30(10-11-31)19(14)25)27-17-8-4-5-9-29(17)24(15)34/h4-5,8-9,12,25,31H,2-3,6-7,10-11H2,1H3,(H,26,33)(H,28,32). The molecule has 0 atom stereocenters. The Balaban J connectivity index is 1.66. The molecule has 0 spiro atoms. The normalized spacial score (nSPS) is 13.1.